The van der Waals surface area contributed by atoms with Gasteiger partial charge in [-0.1, -0.05) is 12.1 Å². The van der Waals surface area contributed by atoms with E-state index in [4.69, 9.17) is 19.9 Å². The number of methoxy groups -OCH3 is 1. The van der Waals surface area contributed by atoms with Crippen LogP contribution in [0, 0.1) is 14.9 Å². The first-order valence-corrected chi connectivity index (χ1v) is 8.31. The van der Waals surface area contributed by atoms with Crippen molar-refractivity contribution < 1.29 is 19.0 Å². The number of allylic oxidation sites excluding steroid dienone is 2. The summed E-state index contributed by atoms with van der Waals surface area (Å²) in [4.78, 5) is 12.5. The quantitative estimate of drug-likeness (QED) is 0.572. The summed E-state index contributed by atoms with van der Waals surface area (Å²) in [5.41, 5.74) is 6.95. The molecular formula is C17H17IN2O4. The number of hydrogen-bond donors (Lipinski definition) is 1. The lowest BCUT2D eigenvalue weighted by Gasteiger charge is -2.28. The molecule has 0 aromatic heterocycles. The van der Waals surface area contributed by atoms with Crippen LogP contribution in [0.5, 0.6) is 5.75 Å². The number of benzene rings is 1. The fourth-order valence-corrected chi connectivity index (χ4v) is 3.37. The molecule has 0 radical (unpaired) electrons. The Morgan fingerprint density at radius 1 is 1.50 bits per heavy atom. The summed E-state index contributed by atoms with van der Waals surface area (Å²) in [5.74, 6) is -0.362. The van der Waals surface area contributed by atoms with Gasteiger partial charge in [-0.05, 0) is 42.5 Å². The van der Waals surface area contributed by atoms with Gasteiger partial charge in [0.1, 0.15) is 23.2 Å². The summed E-state index contributed by atoms with van der Waals surface area (Å²) in [5, 5.41) is 9.56. The maximum atomic E-state index is 12.5. The second-order valence-corrected chi connectivity index (χ2v) is 6.14. The van der Waals surface area contributed by atoms with Gasteiger partial charge in [0.25, 0.3) is 0 Å². The van der Waals surface area contributed by atoms with Gasteiger partial charge in [-0.2, -0.15) is 5.26 Å². The highest BCUT2D eigenvalue weighted by Gasteiger charge is 2.38. The van der Waals surface area contributed by atoms with Crippen molar-refractivity contribution in [3.8, 4) is 11.8 Å². The monoisotopic (exact) mass is 440 g/mol. The van der Waals surface area contributed by atoms with Crippen LogP contribution in [0.1, 0.15) is 25.3 Å². The number of carbonyl (C=O) groups is 1. The summed E-state index contributed by atoms with van der Waals surface area (Å²) < 4.78 is 16.9. The summed E-state index contributed by atoms with van der Waals surface area (Å²) in [6.45, 7) is 3.56. The Bertz CT molecular complexity index is 777. The minimum atomic E-state index is -0.701. The molecule has 2 N–H and O–H groups in total. The Labute approximate surface area is 154 Å². The van der Waals surface area contributed by atoms with E-state index in [9.17, 15) is 10.1 Å². The van der Waals surface area contributed by atoms with E-state index in [1.807, 2.05) is 12.1 Å². The molecule has 1 unspecified atom stereocenters. The Morgan fingerprint density at radius 3 is 2.79 bits per heavy atom. The molecule has 0 saturated heterocycles. The first-order chi connectivity index (χ1) is 11.5. The van der Waals surface area contributed by atoms with Crippen LogP contribution in [0.15, 0.2) is 41.0 Å². The van der Waals surface area contributed by atoms with E-state index in [-0.39, 0.29) is 23.6 Å². The number of nitriles is 1. The van der Waals surface area contributed by atoms with Gasteiger partial charge in [-0.25, -0.2) is 4.79 Å². The molecule has 1 heterocycles. The predicted octanol–water partition coefficient (Wildman–Crippen LogP) is 2.94. The number of para-hydroxylation sites is 1. The third kappa shape index (κ3) is 3.19. The SMILES string of the molecule is CCOC(=O)C1=C(C)OC(N)=C(C#N)C1c1cccc(I)c1OC. The predicted molar refractivity (Wildman–Crippen MR) is 95.7 cm³/mol. The maximum absolute atomic E-state index is 12.5. The fourth-order valence-electron chi connectivity index (χ4n) is 2.63. The van der Waals surface area contributed by atoms with Gasteiger partial charge in [0.2, 0.25) is 5.88 Å². The van der Waals surface area contributed by atoms with Crippen molar-refractivity contribution in [2.45, 2.75) is 19.8 Å². The Morgan fingerprint density at radius 2 is 2.21 bits per heavy atom. The van der Waals surface area contributed by atoms with Crippen molar-refractivity contribution in [3.05, 3.63) is 50.1 Å². The summed E-state index contributed by atoms with van der Waals surface area (Å²) >= 11 is 2.13. The second-order valence-electron chi connectivity index (χ2n) is 4.98. The molecule has 0 bridgehead atoms. The summed E-state index contributed by atoms with van der Waals surface area (Å²) in [7, 11) is 1.54. The first-order valence-electron chi connectivity index (χ1n) is 7.24. The molecule has 0 amide bonds. The van der Waals surface area contributed by atoms with Crippen molar-refractivity contribution in [1.29, 1.82) is 5.26 Å². The van der Waals surface area contributed by atoms with E-state index in [0.717, 1.165) is 3.57 Å². The molecule has 126 valence electrons. The molecule has 0 fully saturated rings. The van der Waals surface area contributed by atoms with Crippen LogP contribution >= 0.6 is 22.6 Å². The topological polar surface area (TPSA) is 94.6 Å². The van der Waals surface area contributed by atoms with Crippen molar-refractivity contribution in [1.82, 2.24) is 0 Å². The lowest BCUT2D eigenvalue weighted by molar-refractivity contribution is -0.139. The molecule has 0 saturated carbocycles. The van der Waals surface area contributed by atoms with E-state index in [0.29, 0.717) is 17.1 Å². The minimum absolute atomic E-state index is 0.0195. The van der Waals surface area contributed by atoms with E-state index >= 15 is 0 Å². The lowest BCUT2D eigenvalue weighted by atomic mass is 9.82. The average molecular weight is 440 g/mol. The minimum Gasteiger partial charge on any atom is -0.495 e. The molecule has 6 nitrogen and oxygen atoms in total. The highest BCUT2D eigenvalue weighted by Crippen LogP contribution is 2.44. The normalized spacial score (nSPS) is 17.2. The van der Waals surface area contributed by atoms with Gasteiger partial charge in [-0.3, -0.25) is 0 Å². The van der Waals surface area contributed by atoms with Crippen LogP contribution in [0.25, 0.3) is 0 Å². The number of halogens is 1. The maximum Gasteiger partial charge on any atom is 0.338 e. The highest BCUT2D eigenvalue weighted by atomic mass is 127. The van der Waals surface area contributed by atoms with Gasteiger partial charge in [-0.15, -0.1) is 0 Å². The highest BCUT2D eigenvalue weighted by molar-refractivity contribution is 14.1. The van der Waals surface area contributed by atoms with Gasteiger partial charge in [0.15, 0.2) is 0 Å². The van der Waals surface area contributed by atoms with E-state index in [2.05, 4.69) is 28.7 Å². The molecule has 1 aliphatic heterocycles. The number of ether oxygens (including phenoxy) is 3. The number of hydrogen-bond acceptors (Lipinski definition) is 6. The van der Waals surface area contributed by atoms with Crippen LogP contribution < -0.4 is 10.5 Å². The molecule has 0 spiro atoms. The number of esters is 1. The molecule has 1 atom stereocenters. The smallest absolute Gasteiger partial charge is 0.338 e. The van der Waals surface area contributed by atoms with Crippen LogP contribution in [0.4, 0.5) is 0 Å². The second kappa shape index (κ2) is 7.57. The Hall–Kier alpha value is -2.21. The molecule has 1 aromatic rings. The average Bonchev–Trinajstić information content (AvgIpc) is 2.54. The van der Waals surface area contributed by atoms with Crippen molar-refractivity contribution in [2.24, 2.45) is 5.73 Å². The number of nitrogens with two attached hydrogens (primary N) is 1. The van der Waals surface area contributed by atoms with Crippen molar-refractivity contribution >= 4 is 28.6 Å². The Balaban J connectivity index is 2.72. The molecule has 24 heavy (non-hydrogen) atoms. The van der Waals surface area contributed by atoms with Crippen molar-refractivity contribution in [3.63, 3.8) is 0 Å². The molecule has 7 heteroatoms. The zero-order valence-corrected chi connectivity index (χ0v) is 15.7. The molecule has 1 aromatic carbocycles. The number of rotatable bonds is 4. The standard InChI is InChI=1S/C17H17IN2O4/c1-4-23-17(21)13-9(2)24-16(20)11(8-19)14(13)10-6-5-7-12(18)15(10)22-3/h5-7,14H,4,20H2,1-3H3. The summed E-state index contributed by atoms with van der Waals surface area (Å²) in [6.07, 6.45) is 0. The third-order valence-electron chi connectivity index (χ3n) is 3.61. The zero-order chi connectivity index (χ0) is 17.9. The molecule has 0 aliphatic carbocycles. The third-order valence-corrected chi connectivity index (χ3v) is 4.46. The van der Waals surface area contributed by atoms with Gasteiger partial charge in [0, 0.05) is 5.56 Å². The number of carbonyl (C=O) groups excluding carboxylic acids is 1. The largest absolute Gasteiger partial charge is 0.495 e. The van der Waals surface area contributed by atoms with Gasteiger partial charge in [0.05, 0.1) is 28.8 Å². The lowest BCUT2D eigenvalue weighted by Crippen LogP contribution is -2.26. The number of nitrogens with zero attached hydrogens (tertiary/aromatic N) is 1. The molecule has 1 aliphatic rings. The van der Waals surface area contributed by atoms with Crippen LogP contribution in [0.2, 0.25) is 0 Å². The van der Waals surface area contributed by atoms with Gasteiger partial charge < -0.3 is 19.9 Å². The van der Waals surface area contributed by atoms with Crippen LogP contribution in [0.3, 0.4) is 0 Å². The molecular weight excluding hydrogens is 423 g/mol. The van der Waals surface area contributed by atoms with Crippen LogP contribution in [-0.2, 0) is 14.3 Å². The van der Waals surface area contributed by atoms with E-state index in [1.165, 1.54) is 0 Å². The molecule has 2 rings (SSSR count). The Kier molecular flexibility index (Phi) is 5.72. The first kappa shape index (κ1) is 18.1. The van der Waals surface area contributed by atoms with Gasteiger partial charge >= 0.3 is 5.97 Å². The summed E-state index contributed by atoms with van der Waals surface area (Å²) in [6, 6.07) is 7.56. The van der Waals surface area contributed by atoms with Crippen LogP contribution in [-0.4, -0.2) is 19.7 Å². The fraction of sp³-hybridized carbons (Fsp3) is 0.294. The van der Waals surface area contributed by atoms with E-state index in [1.54, 1.807) is 27.0 Å². The van der Waals surface area contributed by atoms with E-state index < -0.39 is 11.9 Å². The zero-order valence-electron chi connectivity index (χ0n) is 13.6. The van der Waals surface area contributed by atoms with Crippen molar-refractivity contribution in [2.75, 3.05) is 13.7 Å².